The number of nitrogens with zero attached hydrogens (tertiary/aromatic N) is 5. The Morgan fingerprint density at radius 1 is 1.10 bits per heavy atom. The zero-order chi connectivity index (χ0) is 14.1. The van der Waals surface area contributed by atoms with E-state index in [1.165, 1.54) is 6.42 Å². The maximum Gasteiger partial charge on any atom is 0.165 e. The molecular formula is C14H19N5O2. The molecule has 1 atom stereocenters. The van der Waals surface area contributed by atoms with Crippen LogP contribution < -0.4 is 4.90 Å². The molecule has 0 bridgehead atoms. The normalized spacial score (nSPS) is 23.6. The molecule has 7 heteroatoms. The summed E-state index contributed by atoms with van der Waals surface area (Å²) in [5.41, 5.74) is 0.860. The van der Waals surface area contributed by atoms with Crippen LogP contribution in [0.3, 0.4) is 0 Å². The number of anilines is 1. The van der Waals surface area contributed by atoms with Gasteiger partial charge in [-0.15, -0.1) is 0 Å². The average molecular weight is 289 g/mol. The molecule has 2 fully saturated rings. The molecule has 1 unspecified atom stereocenters. The SMILES string of the molecule is c1nc(N2CCOCC2)c2cnn(C3CCCCO3)c2n1. The molecule has 0 aromatic carbocycles. The van der Waals surface area contributed by atoms with E-state index in [4.69, 9.17) is 9.47 Å². The van der Waals surface area contributed by atoms with Crippen molar-refractivity contribution in [3.05, 3.63) is 12.5 Å². The fourth-order valence-electron chi connectivity index (χ4n) is 3.00. The Morgan fingerprint density at radius 3 is 2.81 bits per heavy atom. The van der Waals surface area contributed by atoms with E-state index in [0.717, 1.165) is 62.6 Å². The molecule has 0 spiro atoms. The van der Waals surface area contributed by atoms with E-state index in [0.29, 0.717) is 0 Å². The van der Waals surface area contributed by atoms with Gasteiger partial charge in [0.15, 0.2) is 11.9 Å². The Morgan fingerprint density at radius 2 is 2.00 bits per heavy atom. The van der Waals surface area contributed by atoms with E-state index in [2.05, 4.69) is 20.0 Å². The largest absolute Gasteiger partial charge is 0.378 e. The van der Waals surface area contributed by atoms with E-state index in [1.54, 1.807) is 6.33 Å². The Hall–Kier alpha value is -1.73. The third-order valence-electron chi connectivity index (χ3n) is 4.11. The summed E-state index contributed by atoms with van der Waals surface area (Å²) in [6.07, 6.45) is 6.78. The number of hydrogen-bond acceptors (Lipinski definition) is 6. The van der Waals surface area contributed by atoms with E-state index in [-0.39, 0.29) is 6.23 Å². The Kier molecular flexibility index (Phi) is 3.44. The van der Waals surface area contributed by atoms with Crippen LogP contribution in [0.4, 0.5) is 5.82 Å². The van der Waals surface area contributed by atoms with Crippen LogP contribution >= 0.6 is 0 Å². The van der Waals surface area contributed by atoms with Crippen molar-refractivity contribution in [3.8, 4) is 0 Å². The monoisotopic (exact) mass is 289 g/mol. The van der Waals surface area contributed by atoms with Gasteiger partial charge in [0.05, 0.1) is 24.8 Å². The zero-order valence-electron chi connectivity index (χ0n) is 11.9. The first-order chi connectivity index (χ1) is 10.4. The molecule has 0 aliphatic carbocycles. The lowest BCUT2D eigenvalue weighted by molar-refractivity contribution is -0.0370. The van der Waals surface area contributed by atoms with E-state index in [9.17, 15) is 0 Å². The van der Waals surface area contributed by atoms with Crippen molar-refractivity contribution in [3.63, 3.8) is 0 Å². The van der Waals surface area contributed by atoms with E-state index < -0.39 is 0 Å². The fourth-order valence-corrected chi connectivity index (χ4v) is 3.00. The van der Waals surface area contributed by atoms with Crippen LogP contribution in [0, 0.1) is 0 Å². The topological polar surface area (TPSA) is 65.3 Å². The first kappa shape index (κ1) is 13.0. The van der Waals surface area contributed by atoms with E-state index >= 15 is 0 Å². The van der Waals surface area contributed by atoms with Gasteiger partial charge in [0.2, 0.25) is 0 Å². The second kappa shape index (κ2) is 5.57. The summed E-state index contributed by atoms with van der Waals surface area (Å²) in [5, 5.41) is 5.50. The minimum absolute atomic E-state index is 0.00342. The molecule has 2 aromatic heterocycles. The predicted molar refractivity (Wildman–Crippen MR) is 77.2 cm³/mol. The van der Waals surface area contributed by atoms with Gasteiger partial charge in [0.1, 0.15) is 12.1 Å². The Balaban J connectivity index is 1.71. The van der Waals surface area contributed by atoms with Gasteiger partial charge in [0.25, 0.3) is 0 Å². The number of rotatable bonds is 2. The first-order valence-electron chi connectivity index (χ1n) is 7.56. The second-order valence-corrected chi connectivity index (χ2v) is 5.44. The number of aromatic nitrogens is 4. The van der Waals surface area contributed by atoms with Crippen molar-refractivity contribution in [2.75, 3.05) is 37.8 Å². The van der Waals surface area contributed by atoms with Crippen molar-refractivity contribution in [2.24, 2.45) is 0 Å². The summed E-state index contributed by atoms with van der Waals surface area (Å²) in [7, 11) is 0. The molecule has 2 aliphatic rings. The van der Waals surface area contributed by atoms with Gasteiger partial charge in [-0.3, -0.25) is 0 Å². The standard InChI is InChI=1S/C14H19N5O2/c1-2-6-21-12(3-1)19-14-11(9-17-19)13(15-10-16-14)18-4-7-20-8-5-18/h9-10,12H,1-8H2. The molecule has 2 saturated heterocycles. The zero-order valence-corrected chi connectivity index (χ0v) is 11.9. The first-order valence-corrected chi connectivity index (χ1v) is 7.56. The molecule has 0 radical (unpaired) electrons. The number of hydrogen-bond donors (Lipinski definition) is 0. The predicted octanol–water partition coefficient (Wildman–Crippen LogP) is 1.36. The van der Waals surface area contributed by atoms with Crippen LogP contribution in [0.5, 0.6) is 0 Å². The number of fused-ring (bicyclic) bond motifs is 1. The molecule has 2 aromatic rings. The molecule has 7 nitrogen and oxygen atoms in total. The quantitative estimate of drug-likeness (QED) is 0.832. The molecule has 2 aliphatic heterocycles. The van der Waals surface area contributed by atoms with Gasteiger partial charge in [-0.1, -0.05) is 0 Å². The third kappa shape index (κ3) is 2.36. The van der Waals surface area contributed by atoms with Crippen molar-refractivity contribution in [1.82, 2.24) is 19.7 Å². The van der Waals surface area contributed by atoms with Gasteiger partial charge in [-0.25, -0.2) is 14.6 Å². The molecule has 0 N–H and O–H groups in total. The lowest BCUT2D eigenvalue weighted by Crippen LogP contribution is -2.36. The van der Waals surface area contributed by atoms with Gasteiger partial charge >= 0.3 is 0 Å². The summed E-state index contributed by atoms with van der Waals surface area (Å²) in [6, 6.07) is 0. The summed E-state index contributed by atoms with van der Waals surface area (Å²) >= 11 is 0. The molecule has 4 rings (SSSR count). The molecule has 0 saturated carbocycles. The highest BCUT2D eigenvalue weighted by Crippen LogP contribution is 2.28. The second-order valence-electron chi connectivity index (χ2n) is 5.44. The minimum atomic E-state index is 0.00342. The molecular weight excluding hydrogens is 270 g/mol. The van der Waals surface area contributed by atoms with Crippen molar-refractivity contribution >= 4 is 16.9 Å². The highest BCUT2D eigenvalue weighted by Gasteiger charge is 2.22. The van der Waals surface area contributed by atoms with Gasteiger partial charge in [0, 0.05) is 19.7 Å². The molecule has 0 amide bonds. The van der Waals surface area contributed by atoms with Crippen molar-refractivity contribution in [1.29, 1.82) is 0 Å². The summed E-state index contributed by atoms with van der Waals surface area (Å²) in [4.78, 5) is 11.1. The van der Waals surface area contributed by atoms with Crippen molar-refractivity contribution < 1.29 is 9.47 Å². The van der Waals surface area contributed by atoms with Gasteiger partial charge < -0.3 is 14.4 Å². The van der Waals surface area contributed by atoms with Crippen LogP contribution in [-0.4, -0.2) is 52.7 Å². The third-order valence-corrected chi connectivity index (χ3v) is 4.11. The average Bonchev–Trinajstić information content (AvgIpc) is 3.00. The maximum absolute atomic E-state index is 5.82. The van der Waals surface area contributed by atoms with E-state index in [1.807, 2.05) is 10.9 Å². The lowest BCUT2D eigenvalue weighted by atomic mass is 10.2. The van der Waals surface area contributed by atoms with Crippen LogP contribution in [0.1, 0.15) is 25.5 Å². The van der Waals surface area contributed by atoms with Crippen LogP contribution in [0.25, 0.3) is 11.0 Å². The highest BCUT2D eigenvalue weighted by molar-refractivity contribution is 5.86. The highest BCUT2D eigenvalue weighted by atomic mass is 16.5. The van der Waals surface area contributed by atoms with Crippen LogP contribution in [0.15, 0.2) is 12.5 Å². The van der Waals surface area contributed by atoms with Crippen LogP contribution in [-0.2, 0) is 9.47 Å². The lowest BCUT2D eigenvalue weighted by Gasteiger charge is -2.28. The molecule has 112 valence electrons. The van der Waals surface area contributed by atoms with Crippen LogP contribution in [0.2, 0.25) is 0 Å². The minimum Gasteiger partial charge on any atom is -0.378 e. The fraction of sp³-hybridized carbons (Fsp3) is 0.643. The Labute approximate surface area is 122 Å². The molecule has 21 heavy (non-hydrogen) atoms. The summed E-state index contributed by atoms with van der Waals surface area (Å²) < 4.78 is 13.1. The van der Waals surface area contributed by atoms with Gasteiger partial charge in [-0.05, 0) is 19.3 Å². The molecule has 4 heterocycles. The summed E-state index contributed by atoms with van der Waals surface area (Å²) in [6.45, 7) is 4.00. The smallest absolute Gasteiger partial charge is 0.165 e. The number of ether oxygens (including phenoxy) is 2. The Bertz CT molecular complexity index is 617. The van der Waals surface area contributed by atoms with Gasteiger partial charge in [-0.2, -0.15) is 5.10 Å². The summed E-state index contributed by atoms with van der Waals surface area (Å²) in [5.74, 6) is 0.949. The number of morpholine rings is 1. The van der Waals surface area contributed by atoms with Crippen molar-refractivity contribution in [2.45, 2.75) is 25.5 Å². The maximum atomic E-state index is 5.82.